The number of hydrogen-bond acceptors (Lipinski definition) is 3. The lowest BCUT2D eigenvalue weighted by Crippen LogP contribution is -2.23. The fourth-order valence-corrected chi connectivity index (χ4v) is 2.36. The summed E-state index contributed by atoms with van der Waals surface area (Å²) >= 11 is 3.37. The molecule has 0 amide bonds. The maximum atomic E-state index is 10.0. The fourth-order valence-electron chi connectivity index (χ4n) is 2.01. The molecule has 4 heteroatoms. The SMILES string of the molecule is OC1c2cc(Br)cnc2CN1C1CC1. The number of halogens is 1. The van der Waals surface area contributed by atoms with Gasteiger partial charge >= 0.3 is 0 Å². The number of aliphatic hydroxyl groups is 1. The molecule has 1 N–H and O–H groups in total. The molecule has 1 atom stereocenters. The second-order valence-corrected chi connectivity index (χ2v) is 4.88. The van der Waals surface area contributed by atoms with E-state index in [0.717, 1.165) is 22.3 Å². The first-order valence-corrected chi connectivity index (χ1v) is 5.63. The molecule has 1 unspecified atom stereocenters. The van der Waals surface area contributed by atoms with Gasteiger partial charge in [0, 0.05) is 28.8 Å². The van der Waals surface area contributed by atoms with Crippen molar-refractivity contribution in [1.82, 2.24) is 9.88 Å². The first kappa shape index (κ1) is 8.83. The first-order valence-electron chi connectivity index (χ1n) is 4.84. The Hall–Kier alpha value is -0.450. The topological polar surface area (TPSA) is 36.4 Å². The van der Waals surface area contributed by atoms with Crippen LogP contribution >= 0.6 is 15.9 Å². The minimum absolute atomic E-state index is 0.442. The first-order chi connectivity index (χ1) is 6.75. The Morgan fingerprint density at radius 3 is 3.00 bits per heavy atom. The van der Waals surface area contributed by atoms with Gasteiger partial charge in [-0.25, -0.2) is 0 Å². The maximum absolute atomic E-state index is 10.0. The number of rotatable bonds is 1. The molecule has 0 radical (unpaired) electrons. The average molecular weight is 255 g/mol. The average Bonchev–Trinajstić information content (AvgIpc) is 2.95. The quantitative estimate of drug-likeness (QED) is 0.831. The van der Waals surface area contributed by atoms with Gasteiger partial charge in [0.05, 0.1) is 5.69 Å². The lowest BCUT2D eigenvalue weighted by Gasteiger charge is -2.18. The molecule has 1 saturated carbocycles. The molecular formula is C10H11BrN2O. The van der Waals surface area contributed by atoms with Crippen molar-refractivity contribution in [3.05, 3.63) is 28.0 Å². The van der Waals surface area contributed by atoms with Crippen molar-refractivity contribution in [2.75, 3.05) is 0 Å². The van der Waals surface area contributed by atoms with E-state index in [0.29, 0.717) is 6.04 Å². The van der Waals surface area contributed by atoms with E-state index in [1.165, 1.54) is 12.8 Å². The summed E-state index contributed by atoms with van der Waals surface area (Å²) in [6.07, 6.45) is 3.78. The number of hydrogen-bond donors (Lipinski definition) is 1. The summed E-state index contributed by atoms with van der Waals surface area (Å²) in [7, 11) is 0. The molecule has 1 aromatic heterocycles. The van der Waals surface area contributed by atoms with Crippen molar-refractivity contribution in [2.24, 2.45) is 0 Å². The van der Waals surface area contributed by atoms with Gasteiger partial charge in [-0.3, -0.25) is 9.88 Å². The van der Waals surface area contributed by atoms with Gasteiger partial charge in [-0.1, -0.05) is 0 Å². The van der Waals surface area contributed by atoms with Gasteiger partial charge in [0.2, 0.25) is 0 Å². The molecule has 1 fully saturated rings. The van der Waals surface area contributed by atoms with Crippen molar-refractivity contribution in [1.29, 1.82) is 0 Å². The monoisotopic (exact) mass is 254 g/mol. The molecule has 1 aromatic rings. The van der Waals surface area contributed by atoms with Crippen LogP contribution < -0.4 is 0 Å². The van der Waals surface area contributed by atoms with Gasteiger partial charge in [0.1, 0.15) is 6.23 Å². The third kappa shape index (κ3) is 1.29. The van der Waals surface area contributed by atoms with Crippen LogP contribution in [0.4, 0.5) is 0 Å². The summed E-state index contributed by atoms with van der Waals surface area (Å²) < 4.78 is 0.938. The van der Waals surface area contributed by atoms with E-state index in [4.69, 9.17) is 0 Å². The smallest absolute Gasteiger partial charge is 0.136 e. The van der Waals surface area contributed by atoms with Crippen LogP contribution in [0.3, 0.4) is 0 Å². The van der Waals surface area contributed by atoms with Crippen molar-refractivity contribution in [3.8, 4) is 0 Å². The van der Waals surface area contributed by atoms with Crippen LogP contribution in [0.1, 0.15) is 30.3 Å². The maximum Gasteiger partial charge on any atom is 0.136 e. The number of nitrogens with zero attached hydrogens (tertiary/aromatic N) is 2. The summed E-state index contributed by atoms with van der Waals surface area (Å²) in [5.41, 5.74) is 1.99. The predicted molar refractivity (Wildman–Crippen MR) is 55.5 cm³/mol. The second kappa shape index (κ2) is 3.02. The molecule has 0 saturated heterocycles. The summed E-state index contributed by atoms with van der Waals surface area (Å²) in [5.74, 6) is 0. The summed E-state index contributed by atoms with van der Waals surface area (Å²) in [4.78, 5) is 6.45. The van der Waals surface area contributed by atoms with Gasteiger partial charge in [-0.05, 0) is 34.8 Å². The largest absolute Gasteiger partial charge is 0.374 e. The van der Waals surface area contributed by atoms with Crippen LogP contribution in [0, 0.1) is 0 Å². The minimum Gasteiger partial charge on any atom is -0.374 e. The standard InChI is InChI=1S/C10H11BrN2O/c11-6-3-8-9(12-4-6)5-13(10(8)14)7-1-2-7/h3-4,7,10,14H,1-2,5H2. The third-order valence-electron chi connectivity index (χ3n) is 2.91. The molecule has 1 aliphatic heterocycles. The van der Waals surface area contributed by atoms with E-state index in [1.54, 1.807) is 6.20 Å². The number of aliphatic hydroxyl groups excluding tert-OH is 1. The molecule has 0 spiro atoms. The van der Waals surface area contributed by atoms with E-state index < -0.39 is 6.23 Å². The number of pyridine rings is 1. The Morgan fingerprint density at radius 1 is 1.50 bits per heavy atom. The second-order valence-electron chi connectivity index (χ2n) is 3.97. The highest BCUT2D eigenvalue weighted by Gasteiger charge is 2.39. The Labute approximate surface area is 90.9 Å². The Bertz CT molecular complexity index is 378. The zero-order valence-electron chi connectivity index (χ0n) is 7.65. The van der Waals surface area contributed by atoms with Crippen molar-refractivity contribution >= 4 is 15.9 Å². The van der Waals surface area contributed by atoms with Crippen molar-refractivity contribution in [3.63, 3.8) is 0 Å². The van der Waals surface area contributed by atoms with Gasteiger partial charge < -0.3 is 5.11 Å². The zero-order valence-corrected chi connectivity index (χ0v) is 9.24. The predicted octanol–water partition coefficient (Wildman–Crippen LogP) is 1.81. The molecule has 0 bridgehead atoms. The Morgan fingerprint density at radius 2 is 2.29 bits per heavy atom. The highest BCUT2D eigenvalue weighted by molar-refractivity contribution is 9.10. The van der Waals surface area contributed by atoms with E-state index in [9.17, 15) is 5.11 Å². The fraction of sp³-hybridized carbons (Fsp3) is 0.500. The van der Waals surface area contributed by atoms with Crippen LogP contribution in [-0.4, -0.2) is 21.0 Å². The van der Waals surface area contributed by atoms with E-state index in [2.05, 4.69) is 25.8 Å². The van der Waals surface area contributed by atoms with Crippen LogP contribution in [0.2, 0.25) is 0 Å². The molecule has 3 nitrogen and oxygen atoms in total. The van der Waals surface area contributed by atoms with Crippen LogP contribution in [0.25, 0.3) is 0 Å². The molecule has 0 aromatic carbocycles. The van der Waals surface area contributed by atoms with E-state index in [1.807, 2.05) is 6.07 Å². The van der Waals surface area contributed by atoms with Gasteiger partial charge in [-0.2, -0.15) is 0 Å². The van der Waals surface area contributed by atoms with Crippen LogP contribution in [-0.2, 0) is 6.54 Å². The normalized spacial score (nSPS) is 26.6. The van der Waals surface area contributed by atoms with Crippen molar-refractivity contribution < 1.29 is 5.11 Å². The minimum atomic E-state index is -0.442. The number of aromatic nitrogens is 1. The van der Waals surface area contributed by atoms with E-state index in [-0.39, 0.29) is 0 Å². The zero-order chi connectivity index (χ0) is 9.71. The molecule has 3 rings (SSSR count). The van der Waals surface area contributed by atoms with Gasteiger partial charge in [-0.15, -0.1) is 0 Å². The number of fused-ring (bicyclic) bond motifs is 1. The highest BCUT2D eigenvalue weighted by Crippen LogP contribution is 2.40. The summed E-state index contributed by atoms with van der Waals surface area (Å²) in [6.45, 7) is 0.800. The molecular weight excluding hydrogens is 244 g/mol. The van der Waals surface area contributed by atoms with E-state index >= 15 is 0 Å². The Kier molecular flexibility index (Phi) is 1.90. The van der Waals surface area contributed by atoms with Gasteiger partial charge in [0.25, 0.3) is 0 Å². The van der Waals surface area contributed by atoms with Crippen molar-refractivity contribution in [2.45, 2.75) is 31.7 Å². The van der Waals surface area contributed by atoms with Crippen LogP contribution in [0.5, 0.6) is 0 Å². The summed E-state index contributed by atoms with van der Waals surface area (Å²) in [6, 6.07) is 2.55. The molecule has 14 heavy (non-hydrogen) atoms. The lowest BCUT2D eigenvalue weighted by molar-refractivity contribution is 0.00741. The van der Waals surface area contributed by atoms with Crippen LogP contribution in [0.15, 0.2) is 16.7 Å². The lowest BCUT2D eigenvalue weighted by atomic mass is 10.2. The third-order valence-corrected chi connectivity index (χ3v) is 3.34. The summed E-state index contributed by atoms with van der Waals surface area (Å²) in [5, 5.41) is 10.0. The molecule has 2 aliphatic rings. The molecule has 74 valence electrons. The van der Waals surface area contributed by atoms with Gasteiger partial charge in [0.15, 0.2) is 0 Å². The molecule has 1 aliphatic carbocycles. The molecule has 2 heterocycles. The highest BCUT2D eigenvalue weighted by atomic mass is 79.9. The Balaban J connectivity index is 1.97.